The van der Waals surface area contributed by atoms with Crippen LogP contribution in [0.1, 0.15) is 27.0 Å². The Kier molecular flexibility index (Phi) is 6.76. The Hall–Kier alpha value is -3.31. The van der Waals surface area contributed by atoms with Crippen LogP contribution in [0.2, 0.25) is 5.02 Å². The molecule has 1 unspecified atom stereocenters. The van der Waals surface area contributed by atoms with Gasteiger partial charge in [-0.15, -0.1) is 0 Å². The summed E-state index contributed by atoms with van der Waals surface area (Å²) in [6, 6.07) is 22.0. The number of hydrogen-bond acceptors (Lipinski definition) is 3. The molecule has 1 aliphatic heterocycles. The van der Waals surface area contributed by atoms with Crippen LogP contribution < -0.4 is 10.1 Å². The van der Waals surface area contributed by atoms with Crippen LogP contribution >= 0.6 is 11.6 Å². The van der Waals surface area contributed by atoms with Gasteiger partial charge >= 0.3 is 0 Å². The molecule has 1 heterocycles. The third kappa shape index (κ3) is 4.63. The molecule has 0 bridgehead atoms. The van der Waals surface area contributed by atoms with E-state index in [0.29, 0.717) is 36.5 Å². The molecule has 2 amide bonds. The number of nitrogens with zero attached hydrogens (tertiary/aromatic N) is 1. The number of hydrogen-bond donors (Lipinski definition) is 1. The Morgan fingerprint density at radius 2 is 1.69 bits per heavy atom. The highest BCUT2D eigenvalue weighted by Gasteiger charge is 2.35. The van der Waals surface area contributed by atoms with Gasteiger partial charge in [0.15, 0.2) is 0 Å². The van der Waals surface area contributed by atoms with Gasteiger partial charge in [-0.3, -0.25) is 9.59 Å². The molecule has 164 valence electrons. The third-order valence-corrected chi connectivity index (χ3v) is 6.13. The lowest BCUT2D eigenvalue weighted by molar-refractivity contribution is -0.126. The number of nitrogens with one attached hydrogen (secondary N) is 1. The van der Waals surface area contributed by atoms with E-state index in [1.807, 2.05) is 48.5 Å². The van der Waals surface area contributed by atoms with Crippen molar-refractivity contribution in [2.24, 2.45) is 0 Å². The maximum Gasteiger partial charge on any atom is 0.256 e. The second kappa shape index (κ2) is 9.88. The predicted molar refractivity (Wildman–Crippen MR) is 125 cm³/mol. The van der Waals surface area contributed by atoms with Gasteiger partial charge in [-0.05, 0) is 41.3 Å². The molecule has 4 rings (SSSR count). The number of carbonyl (C=O) groups is 2. The second-order valence-electron chi connectivity index (χ2n) is 7.75. The largest absolute Gasteiger partial charge is 0.496 e. The summed E-state index contributed by atoms with van der Waals surface area (Å²) in [7, 11) is 1.63. The maximum atomic E-state index is 13.4. The molecule has 0 fully saturated rings. The first-order chi connectivity index (χ1) is 15.6. The van der Waals surface area contributed by atoms with E-state index in [0.717, 1.165) is 22.4 Å². The molecule has 0 radical (unpaired) electrons. The third-order valence-electron chi connectivity index (χ3n) is 5.80. The molecule has 32 heavy (non-hydrogen) atoms. The Morgan fingerprint density at radius 1 is 1.00 bits per heavy atom. The summed E-state index contributed by atoms with van der Waals surface area (Å²) in [4.78, 5) is 28.2. The van der Waals surface area contributed by atoms with Crippen molar-refractivity contribution in [1.29, 1.82) is 0 Å². The molecule has 3 aromatic carbocycles. The normalized spacial score (nSPS) is 15.1. The number of para-hydroxylation sites is 1. The molecule has 0 aromatic heterocycles. The molecule has 1 N–H and O–H groups in total. The van der Waals surface area contributed by atoms with E-state index < -0.39 is 6.04 Å². The first kappa shape index (κ1) is 21.9. The Labute approximate surface area is 193 Å². The molecular formula is C26H25ClN2O3. The predicted octanol–water partition coefficient (Wildman–Crippen LogP) is 4.27. The number of benzene rings is 3. The molecule has 0 saturated carbocycles. The fourth-order valence-corrected chi connectivity index (χ4v) is 4.32. The van der Waals surface area contributed by atoms with Gasteiger partial charge in [0, 0.05) is 19.5 Å². The van der Waals surface area contributed by atoms with Gasteiger partial charge in [-0.1, -0.05) is 66.2 Å². The highest BCUT2D eigenvalue weighted by molar-refractivity contribution is 6.33. The van der Waals surface area contributed by atoms with E-state index in [-0.39, 0.29) is 11.8 Å². The summed E-state index contributed by atoms with van der Waals surface area (Å²) >= 11 is 6.29. The summed E-state index contributed by atoms with van der Waals surface area (Å²) in [6.45, 7) is 0.816. The van der Waals surface area contributed by atoms with Gasteiger partial charge in [0.2, 0.25) is 5.91 Å². The molecule has 1 aliphatic rings. The summed E-state index contributed by atoms with van der Waals surface area (Å²) in [5.41, 5.74) is 3.56. The van der Waals surface area contributed by atoms with E-state index in [1.165, 1.54) is 0 Å². The maximum absolute atomic E-state index is 13.4. The average molecular weight is 449 g/mol. The monoisotopic (exact) mass is 448 g/mol. The minimum absolute atomic E-state index is 0.171. The molecule has 5 nitrogen and oxygen atoms in total. The molecule has 0 saturated heterocycles. The lowest BCUT2D eigenvalue weighted by atomic mass is 9.92. The average Bonchev–Trinajstić information content (AvgIpc) is 2.83. The van der Waals surface area contributed by atoms with Crippen molar-refractivity contribution in [1.82, 2.24) is 10.2 Å². The Balaban J connectivity index is 1.53. The summed E-state index contributed by atoms with van der Waals surface area (Å²) < 4.78 is 5.39. The van der Waals surface area contributed by atoms with Gasteiger partial charge in [0.05, 0.1) is 17.7 Å². The number of methoxy groups -OCH3 is 1. The Morgan fingerprint density at radius 3 is 2.47 bits per heavy atom. The standard InChI is InChI=1S/C26H25ClN2O3/c1-32-24-13-7-4-8-18(24)14-15-28-25(30)23-16-19-9-2-3-10-20(19)17-29(23)26(31)21-11-5-6-12-22(21)27/h2-13,23H,14-17H2,1H3,(H,28,30). The smallest absolute Gasteiger partial charge is 0.256 e. The van der Waals surface area contributed by atoms with Gasteiger partial charge < -0.3 is 15.0 Å². The molecule has 1 atom stereocenters. The SMILES string of the molecule is COc1ccccc1CCNC(=O)C1Cc2ccccc2CN1C(=O)c1ccccc1Cl. The molecule has 0 spiro atoms. The van der Waals surface area contributed by atoms with Crippen LogP contribution in [0, 0.1) is 0 Å². The van der Waals surface area contributed by atoms with Gasteiger partial charge in [0.25, 0.3) is 5.91 Å². The first-order valence-corrected chi connectivity index (χ1v) is 11.0. The number of halogens is 1. The fraction of sp³-hybridized carbons (Fsp3) is 0.231. The molecule has 6 heteroatoms. The van der Waals surface area contributed by atoms with Gasteiger partial charge in [-0.2, -0.15) is 0 Å². The van der Waals surface area contributed by atoms with E-state index in [9.17, 15) is 9.59 Å². The van der Waals surface area contributed by atoms with Crippen molar-refractivity contribution < 1.29 is 14.3 Å². The summed E-state index contributed by atoms with van der Waals surface area (Å²) in [5.74, 6) is 0.383. The van der Waals surface area contributed by atoms with Crippen LogP contribution in [0.3, 0.4) is 0 Å². The minimum atomic E-state index is -0.605. The van der Waals surface area contributed by atoms with Crippen LogP contribution in [0.15, 0.2) is 72.8 Å². The topological polar surface area (TPSA) is 58.6 Å². The molecule has 3 aromatic rings. The molecular weight excluding hydrogens is 424 g/mol. The number of amides is 2. The number of ether oxygens (including phenoxy) is 1. The van der Waals surface area contributed by atoms with Crippen molar-refractivity contribution in [2.75, 3.05) is 13.7 Å². The van der Waals surface area contributed by atoms with Crippen LogP contribution in [0.25, 0.3) is 0 Å². The van der Waals surface area contributed by atoms with E-state index in [1.54, 1.807) is 36.3 Å². The lowest BCUT2D eigenvalue weighted by Gasteiger charge is -2.36. The van der Waals surface area contributed by atoms with Gasteiger partial charge in [0.1, 0.15) is 11.8 Å². The van der Waals surface area contributed by atoms with Crippen LogP contribution in [0.4, 0.5) is 0 Å². The second-order valence-corrected chi connectivity index (χ2v) is 8.16. The van der Waals surface area contributed by atoms with Crippen molar-refractivity contribution >= 4 is 23.4 Å². The zero-order chi connectivity index (χ0) is 22.5. The number of carbonyl (C=O) groups excluding carboxylic acids is 2. The van der Waals surface area contributed by atoms with Crippen molar-refractivity contribution in [3.63, 3.8) is 0 Å². The highest BCUT2D eigenvalue weighted by Crippen LogP contribution is 2.27. The number of rotatable bonds is 6. The quantitative estimate of drug-likeness (QED) is 0.612. The van der Waals surface area contributed by atoms with E-state index in [4.69, 9.17) is 16.3 Å². The van der Waals surface area contributed by atoms with Crippen molar-refractivity contribution in [2.45, 2.75) is 25.4 Å². The van der Waals surface area contributed by atoms with Crippen LogP contribution in [0.5, 0.6) is 5.75 Å². The zero-order valence-electron chi connectivity index (χ0n) is 17.9. The van der Waals surface area contributed by atoms with Crippen LogP contribution in [-0.4, -0.2) is 36.4 Å². The highest BCUT2D eigenvalue weighted by atomic mass is 35.5. The van der Waals surface area contributed by atoms with E-state index in [2.05, 4.69) is 5.32 Å². The first-order valence-electron chi connectivity index (χ1n) is 10.6. The van der Waals surface area contributed by atoms with E-state index >= 15 is 0 Å². The van der Waals surface area contributed by atoms with Crippen molar-refractivity contribution in [3.8, 4) is 5.75 Å². The Bertz CT molecular complexity index is 1130. The lowest BCUT2D eigenvalue weighted by Crippen LogP contribution is -2.52. The van der Waals surface area contributed by atoms with Crippen molar-refractivity contribution in [3.05, 3.63) is 100 Å². The van der Waals surface area contributed by atoms with Crippen LogP contribution in [-0.2, 0) is 24.2 Å². The minimum Gasteiger partial charge on any atom is -0.496 e. The molecule has 0 aliphatic carbocycles. The summed E-state index contributed by atoms with van der Waals surface area (Å²) in [6.07, 6.45) is 1.10. The fourth-order valence-electron chi connectivity index (χ4n) is 4.11. The zero-order valence-corrected chi connectivity index (χ0v) is 18.6. The summed E-state index contributed by atoms with van der Waals surface area (Å²) in [5, 5.41) is 3.39. The number of fused-ring (bicyclic) bond motifs is 1. The van der Waals surface area contributed by atoms with Gasteiger partial charge in [-0.25, -0.2) is 0 Å².